The van der Waals surface area contributed by atoms with Crippen LogP contribution in [-0.4, -0.2) is 16.1 Å². The fourth-order valence-corrected chi connectivity index (χ4v) is 2.44. The quantitative estimate of drug-likeness (QED) is 0.850. The summed E-state index contributed by atoms with van der Waals surface area (Å²) in [5.74, 6) is 0.319. The Morgan fingerprint density at radius 1 is 1.26 bits per heavy atom. The lowest BCUT2D eigenvalue weighted by Crippen LogP contribution is -2.25. The summed E-state index contributed by atoms with van der Waals surface area (Å²) in [6.07, 6.45) is 1.69. The third-order valence-corrected chi connectivity index (χ3v) is 3.55. The van der Waals surface area contributed by atoms with Gasteiger partial charge in [-0.1, -0.05) is 19.9 Å². The Morgan fingerprint density at radius 3 is 2.79 bits per heavy atom. The molecule has 1 N–H and O–H groups in total. The van der Waals surface area contributed by atoms with Gasteiger partial charge >= 0.3 is 5.97 Å². The van der Waals surface area contributed by atoms with Crippen molar-refractivity contribution in [1.82, 2.24) is 4.98 Å². The van der Waals surface area contributed by atoms with Gasteiger partial charge in [-0.2, -0.15) is 0 Å². The van der Waals surface area contributed by atoms with E-state index in [4.69, 9.17) is 9.84 Å². The van der Waals surface area contributed by atoms with Gasteiger partial charge in [0.1, 0.15) is 5.75 Å². The van der Waals surface area contributed by atoms with E-state index < -0.39 is 5.97 Å². The fourth-order valence-electron chi connectivity index (χ4n) is 2.44. The Hall–Kier alpha value is -2.36. The maximum atomic E-state index is 11.1. The molecule has 3 rings (SSSR count). The highest BCUT2D eigenvalue weighted by Crippen LogP contribution is 2.46. The van der Waals surface area contributed by atoms with E-state index >= 15 is 0 Å². The molecule has 0 radical (unpaired) electrons. The Bertz CT molecular complexity index is 677. The van der Waals surface area contributed by atoms with Crippen LogP contribution < -0.4 is 4.74 Å². The van der Waals surface area contributed by atoms with Gasteiger partial charge in [0, 0.05) is 22.7 Å². The molecule has 0 bridgehead atoms. The number of rotatable bonds is 1. The molecule has 2 aromatic rings. The molecule has 2 heterocycles. The molecule has 96 valence electrons. The Labute approximate surface area is 110 Å². The van der Waals surface area contributed by atoms with E-state index in [0.717, 1.165) is 11.1 Å². The second kappa shape index (κ2) is 3.82. The highest BCUT2D eigenvalue weighted by molar-refractivity contribution is 5.88. The highest BCUT2D eigenvalue weighted by Gasteiger charge is 2.35. The summed E-state index contributed by atoms with van der Waals surface area (Å²) in [4.78, 5) is 15.3. The zero-order valence-corrected chi connectivity index (χ0v) is 10.7. The van der Waals surface area contributed by atoms with Crippen LogP contribution in [0, 0.1) is 0 Å². The van der Waals surface area contributed by atoms with E-state index in [1.807, 2.05) is 26.0 Å². The molecule has 0 amide bonds. The van der Waals surface area contributed by atoms with Crippen LogP contribution in [0.2, 0.25) is 0 Å². The van der Waals surface area contributed by atoms with E-state index in [-0.39, 0.29) is 11.0 Å². The smallest absolute Gasteiger partial charge is 0.335 e. The molecule has 1 aromatic heterocycles. The van der Waals surface area contributed by atoms with Gasteiger partial charge in [0.2, 0.25) is 5.88 Å². The van der Waals surface area contributed by atoms with Crippen LogP contribution in [0.4, 0.5) is 0 Å². The minimum absolute atomic E-state index is 0.266. The molecule has 19 heavy (non-hydrogen) atoms. The highest BCUT2D eigenvalue weighted by atomic mass is 16.5. The van der Waals surface area contributed by atoms with Crippen molar-refractivity contribution in [1.29, 1.82) is 0 Å². The maximum Gasteiger partial charge on any atom is 0.335 e. The topological polar surface area (TPSA) is 59.4 Å². The zero-order chi connectivity index (χ0) is 13.6. The molecule has 0 fully saturated rings. The van der Waals surface area contributed by atoms with Crippen LogP contribution in [0.5, 0.6) is 11.6 Å². The lowest BCUT2D eigenvalue weighted by atomic mass is 9.76. The number of ether oxygens (including phenoxy) is 1. The molecule has 4 nitrogen and oxygen atoms in total. The Morgan fingerprint density at radius 2 is 2.05 bits per heavy atom. The predicted molar refractivity (Wildman–Crippen MR) is 69.8 cm³/mol. The van der Waals surface area contributed by atoms with Gasteiger partial charge in [-0.3, -0.25) is 0 Å². The lowest BCUT2D eigenvalue weighted by Gasteiger charge is -2.33. The van der Waals surface area contributed by atoms with Gasteiger partial charge < -0.3 is 9.84 Å². The summed E-state index contributed by atoms with van der Waals surface area (Å²) in [5.41, 5.74) is 1.77. The number of benzene rings is 1. The maximum absolute atomic E-state index is 11.1. The monoisotopic (exact) mass is 255 g/mol. The SMILES string of the molecule is CC1(C)c2cc(C(=O)O)ccc2Oc2ncccc21. The molecule has 1 aromatic carbocycles. The van der Waals surface area contributed by atoms with Crippen molar-refractivity contribution in [3.63, 3.8) is 0 Å². The van der Waals surface area contributed by atoms with Gasteiger partial charge in [-0.05, 0) is 24.3 Å². The molecule has 0 unspecified atom stereocenters. The second-order valence-electron chi connectivity index (χ2n) is 5.10. The normalized spacial score (nSPS) is 15.1. The standard InChI is InChI=1S/C15H13NO3/c1-15(2)10-4-3-7-16-13(10)19-12-6-5-9(14(17)18)8-11(12)15/h3-8H,1-2H3,(H,17,18). The number of carbonyl (C=O) groups is 1. The number of carboxylic acids is 1. The second-order valence-corrected chi connectivity index (χ2v) is 5.10. The minimum Gasteiger partial charge on any atom is -0.478 e. The van der Waals surface area contributed by atoms with Crippen molar-refractivity contribution in [2.24, 2.45) is 0 Å². The molecule has 0 spiro atoms. The molecule has 0 saturated heterocycles. The average Bonchev–Trinajstić information content (AvgIpc) is 2.38. The summed E-state index contributed by atoms with van der Waals surface area (Å²) in [5, 5.41) is 9.10. The van der Waals surface area contributed by atoms with Crippen LogP contribution in [0.25, 0.3) is 0 Å². The summed E-state index contributed by atoms with van der Waals surface area (Å²) < 4.78 is 5.74. The molecule has 0 atom stereocenters. The van der Waals surface area contributed by atoms with Gasteiger partial charge in [0.25, 0.3) is 0 Å². The van der Waals surface area contributed by atoms with E-state index in [9.17, 15) is 4.79 Å². The number of hydrogen-bond donors (Lipinski definition) is 1. The molecule has 1 aliphatic rings. The third kappa shape index (κ3) is 1.68. The first-order valence-corrected chi connectivity index (χ1v) is 6.01. The first-order valence-electron chi connectivity index (χ1n) is 6.01. The number of aromatic carboxylic acids is 1. The van der Waals surface area contributed by atoms with Crippen molar-refractivity contribution in [2.45, 2.75) is 19.3 Å². The Kier molecular flexibility index (Phi) is 2.35. The van der Waals surface area contributed by atoms with Gasteiger partial charge in [0.15, 0.2) is 0 Å². The number of fused-ring (bicyclic) bond motifs is 2. The molecular weight excluding hydrogens is 242 g/mol. The first-order chi connectivity index (χ1) is 9.00. The molecule has 4 heteroatoms. The van der Waals surface area contributed by atoms with Gasteiger partial charge in [-0.15, -0.1) is 0 Å². The zero-order valence-electron chi connectivity index (χ0n) is 10.7. The summed E-state index contributed by atoms with van der Waals surface area (Å²) in [6.45, 7) is 4.08. The number of pyridine rings is 1. The van der Waals surface area contributed by atoms with Crippen LogP contribution >= 0.6 is 0 Å². The Balaban J connectivity index is 2.23. The van der Waals surface area contributed by atoms with Crippen molar-refractivity contribution in [3.8, 4) is 11.6 Å². The summed E-state index contributed by atoms with van der Waals surface area (Å²) in [6, 6.07) is 8.73. The number of nitrogens with zero attached hydrogens (tertiary/aromatic N) is 1. The van der Waals surface area contributed by atoms with E-state index in [0.29, 0.717) is 11.6 Å². The van der Waals surface area contributed by atoms with Crippen LogP contribution in [0.1, 0.15) is 35.3 Å². The molecule has 1 aliphatic heterocycles. The van der Waals surface area contributed by atoms with Gasteiger partial charge in [-0.25, -0.2) is 9.78 Å². The van der Waals surface area contributed by atoms with Crippen LogP contribution in [0.3, 0.4) is 0 Å². The average molecular weight is 255 g/mol. The van der Waals surface area contributed by atoms with E-state index in [2.05, 4.69) is 4.98 Å². The first kappa shape index (κ1) is 11.7. The van der Waals surface area contributed by atoms with Crippen LogP contribution in [-0.2, 0) is 5.41 Å². The lowest BCUT2D eigenvalue weighted by molar-refractivity contribution is 0.0696. The third-order valence-electron chi connectivity index (χ3n) is 3.55. The van der Waals surface area contributed by atoms with Crippen LogP contribution in [0.15, 0.2) is 36.5 Å². The van der Waals surface area contributed by atoms with Gasteiger partial charge in [0.05, 0.1) is 5.56 Å². The number of hydrogen-bond acceptors (Lipinski definition) is 3. The summed E-state index contributed by atoms with van der Waals surface area (Å²) >= 11 is 0. The minimum atomic E-state index is -0.935. The number of aromatic nitrogens is 1. The van der Waals surface area contributed by atoms with E-state index in [1.165, 1.54) is 0 Å². The number of carboxylic acid groups (broad SMARTS) is 1. The molecule has 0 aliphatic carbocycles. The molecule has 0 saturated carbocycles. The van der Waals surface area contributed by atoms with Crippen molar-refractivity contribution in [3.05, 3.63) is 53.2 Å². The van der Waals surface area contributed by atoms with E-state index in [1.54, 1.807) is 24.4 Å². The predicted octanol–water partition coefficient (Wildman–Crippen LogP) is 3.21. The molecular formula is C15H13NO3. The fraction of sp³-hybridized carbons (Fsp3) is 0.200. The van der Waals surface area contributed by atoms with Crippen molar-refractivity contribution in [2.75, 3.05) is 0 Å². The summed E-state index contributed by atoms with van der Waals surface area (Å²) in [7, 11) is 0. The van der Waals surface area contributed by atoms with Crippen molar-refractivity contribution >= 4 is 5.97 Å². The largest absolute Gasteiger partial charge is 0.478 e. The van der Waals surface area contributed by atoms with Crippen molar-refractivity contribution < 1.29 is 14.6 Å².